The second-order valence-electron chi connectivity index (χ2n) is 3.11. The number of sulfonamides is 1. The minimum atomic E-state index is -3.83. The number of nitrogens with two attached hydrogens (primary N) is 1. The number of aromatic amines is 1. The molecule has 1 aromatic rings. The van der Waals surface area contributed by atoms with E-state index in [9.17, 15) is 13.2 Å². The number of carbonyl (C=O) groups is 1. The van der Waals surface area contributed by atoms with Gasteiger partial charge in [0, 0.05) is 7.05 Å². The molecule has 0 saturated heterocycles. The zero-order chi connectivity index (χ0) is 12.3. The van der Waals surface area contributed by atoms with Crippen LogP contribution in [-0.2, 0) is 14.8 Å². The van der Waals surface area contributed by atoms with Gasteiger partial charge in [-0.2, -0.15) is 9.82 Å². The standard InChI is InChI=1S/C7H13N5O3S/c1-4(7(13)9-2)12-16(14,15)5-3-10-11-6(5)8/h3-4,12H,1-2H3,(H,9,13)(H3,8,10,11). The van der Waals surface area contributed by atoms with E-state index in [4.69, 9.17) is 5.73 Å². The van der Waals surface area contributed by atoms with E-state index in [0.29, 0.717) is 0 Å². The van der Waals surface area contributed by atoms with E-state index in [1.165, 1.54) is 14.0 Å². The summed E-state index contributed by atoms with van der Waals surface area (Å²) in [6.07, 6.45) is 1.08. The fraction of sp³-hybridized carbons (Fsp3) is 0.429. The zero-order valence-corrected chi connectivity index (χ0v) is 9.63. The van der Waals surface area contributed by atoms with Crippen LogP contribution in [0.3, 0.4) is 0 Å². The maximum absolute atomic E-state index is 11.7. The van der Waals surface area contributed by atoms with Crippen LogP contribution in [0.1, 0.15) is 6.92 Å². The highest BCUT2D eigenvalue weighted by Crippen LogP contribution is 2.13. The Morgan fingerprint density at radius 1 is 1.62 bits per heavy atom. The molecule has 0 spiro atoms. The number of amides is 1. The topological polar surface area (TPSA) is 130 Å². The van der Waals surface area contributed by atoms with Gasteiger partial charge in [0.05, 0.1) is 12.2 Å². The van der Waals surface area contributed by atoms with Crippen molar-refractivity contribution in [2.45, 2.75) is 17.9 Å². The molecule has 0 aliphatic carbocycles. The van der Waals surface area contributed by atoms with Gasteiger partial charge in [-0.25, -0.2) is 8.42 Å². The van der Waals surface area contributed by atoms with Crippen LogP contribution in [0, 0.1) is 0 Å². The molecule has 0 aliphatic heterocycles. The first-order valence-corrected chi connectivity index (χ1v) is 5.89. The monoisotopic (exact) mass is 247 g/mol. The fourth-order valence-corrected chi connectivity index (χ4v) is 2.29. The number of hydrogen-bond acceptors (Lipinski definition) is 5. The number of rotatable bonds is 4. The Bertz CT molecular complexity index is 480. The molecule has 0 aromatic carbocycles. The van der Waals surface area contributed by atoms with Crippen molar-refractivity contribution in [3.05, 3.63) is 6.20 Å². The van der Waals surface area contributed by atoms with Gasteiger partial charge in [-0.3, -0.25) is 9.89 Å². The predicted molar refractivity (Wildman–Crippen MR) is 56.9 cm³/mol. The van der Waals surface area contributed by atoms with E-state index in [-0.39, 0.29) is 10.7 Å². The summed E-state index contributed by atoms with van der Waals surface area (Å²) in [6, 6.07) is -0.885. The van der Waals surface area contributed by atoms with Crippen LogP contribution in [0.2, 0.25) is 0 Å². The van der Waals surface area contributed by atoms with Crippen LogP contribution in [-0.4, -0.2) is 37.6 Å². The number of nitrogens with zero attached hydrogens (tertiary/aromatic N) is 1. The van der Waals surface area contributed by atoms with Crippen LogP contribution in [0.25, 0.3) is 0 Å². The largest absolute Gasteiger partial charge is 0.383 e. The number of likely N-dealkylation sites (N-methyl/N-ethyl adjacent to an activating group) is 1. The molecular weight excluding hydrogens is 234 g/mol. The summed E-state index contributed by atoms with van der Waals surface area (Å²) < 4.78 is 25.6. The first-order chi connectivity index (χ1) is 7.38. The Kier molecular flexibility index (Phi) is 3.50. The van der Waals surface area contributed by atoms with E-state index >= 15 is 0 Å². The number of nitrogen functional groups attached to an aromatic ring is 1. The molecule has 0 radical (unpaired) electrons. The smallest absolute Gasteiger partial charge is 0.246 e. The molecule has 0 saturated carbocycles. The third-order valence-electron chi connectivity index (χ3n) is 1.89. The second kappa shape index (κ2) is 4.49. The quantitative estimate of drug-likeness (QED) is 0.509. The van der Waals surface area contributed by atoms with Gasteiger partial charge in [0.25, 0.3) is 0 Å². The van der Waals surface area contributed by atoms with Crippen LogP contribution < -0.4 is 15.8 Å². The number of carbonyl (C=O) groups excluding carboxylic acids is 1. The maximum atomic E-state index is 11.7. The molecule has 5 N–H and O–H groups in total. The SMILES string of the molecule is CNC(=O)C(C)NS(=O)(=O)c1cn[nH]c1N. The highest BCUT2D eigenvalue weighted by atomic mass is 32.2. The number of anilines is 1. The van der Waals surface area contributed by atoms with Crippen molar-refractivity contribution in [2.24, 2.45) is 0 Å². The Morgan fingerprint density at radius 2 is 2.25 bits per heavy atom. The molecule has 1 heterocycles. The molecule has 1 rings (SSSR count). The Morgan fingerprint density at radius 3 is 2.69 bits per heavy atom. The molecule has 0 aliphatic rings. The minimum Gasteiger partial charge on any atom is -0.383 e. The van der Waals surface area contributed by atoms with E-state index in [1.54, 1.807) is 0 Å². The lowest BCUT2D eigenvalue weighted by molar-refractivity contribution is -0.121. The summed E-state index contributed by atoms with van der Waals surface area (Å²) in [6.45, 7) is 1.42. The van der Waals surface area contributed by atoms with Crippen molar-refractivity contribution in [3.63, 3.8) is 0 Å². The van der Waals surface area contributed by atoms with Gasteiger partial charge in [0.15, 0.2) is 0 Å². The first kappa shape index (κ1) is 12.5. The summed E-state index contributed by atoms with van der Waals surface area (Å²) in [5.41, 5.74) is 5.37. The summed E-state index contributed by atoms with van der Waals surface area (Å²) in [4.78, 5) is 11.0. The number of H-pyrrole nitrogens is 1. The van der Waals surface area contributed by atoms with Crippen molar-refractivity contribution in [1.29, 1.82) is 0 Å². The van der Waals surface area contributed by atoms with Crippen LogP contribution >= 0.6 is 0 Å². The molecule has 0 bridgehead atoms. The summed E-state index contributed by atoms with van der Waals surface area (Å²) in [5, 5.41) is 8.12. The average Bonchev–Trinajstić information content (AvgIpc) is 2.63. The van der Waals surface area contributed by atoms with Crippen molar-refractivity contribution < 1.29 is 13.2 Å². The highest BCUT2D eigenvalue weighted by molar-refractivity contribution is 7.89. The van der Waals surface area contributed by atoms with Gasteiger partial charge in [0.1, 0.15) is 10.7 Å². The van der Waals surface area contributed by atoms with E-state index in [2.05, 4.69) is 20.2 Å². The van der Waals surface area contributed by atoms with E-state index < -0.39 is 22.0 Å². The van der Waals surface area contributed by atoms with Crippen molar-refractivity contribution in [2.75, 3.05) is 12.8 Å². The van der Waals surface area contributed by atoms with Gasteiger partial charge in [-0.05, 0) is 6.92 Å². The van der Waals surface area contributed by atoms with Crippen molar-refractivity contribution in [1.82, 2.24) is 20.2 Å². The molecule has 16 heavy (non-hydrogen) atoms. The number of aromatic nitrogens is 2. The highest BCUT2D eigenvalue weighted by Gasteiger charge is 2.24. The molecule has 9 heteroatoms. The molecule has 0 fully saturated rings. The molecule has 8 nitrogen and oxygen atoms in total. The Balaban J connectivity index is 2.89. The van der Waals surface area contributed by atoms with E-state index in [1.807, 2.05) is 0 Å². The summed E-state index contributed by atoms with van der Waals surface area (Å²) in [7, 11) is -2.42. The summed E-state index contributed by atoms with van der Waals surface area (Å²) >= 11 is 0. The zero-order valence-electron chi connectivity index (χ0n) is 8.81. The third-order valence-corrected chi connectivity index (χ3v) is 3.46. The molecule has 1 aromatic heterocycles. The fourth-order valence-electron chi connectivity index (χ4n) is 1.07. The van der Waals surface area contributed by atoms with Crippen LogP contribution in [0.4, 0.5) is 5.82 Å². The first-order valence-electron chi connectivity index (χ1n) is 4.41. The third kappa shape index (κ3) is 2.49. The number of nitrogens with one attached hydrogen (secondary N) is 3. The van der Waals surface area contributed by atoms with Crippen molar-refractivity contribution >= 4 is 21.7 Å². The van der Waals surface area contributed by atoms with E-state index in [0.717, 1.165) is 6.20 Å². The average molecular weight is 247 g/mol. The summed E-state index contributed by atoms with van der Waals surface area (Å²) in [5.74, 6) is -0.512. The van der Waals surface area contributed by atoms with Crippen LogP contribution in [0.15, 0.2) is 11.1 Å². The minimum absolute atomic E-state index is 0.0726. The lowest BCUT2D eigenvalue weighted by Crippen LogP contribution is -2.43. The van der Waals surface area contributed by atoms with Gasteiger partial charge in [0.2, 0.25) is 15.9 Å². The molecule has 90 valence electrons. The number of hydrogen-bond donors (Lipinski definition) is 4. The maximum Gasteiger partial charge on any atom is 0.246 e. The lowest BCUT2D eigenvalue weighted by atomic mass is 10.3. The van der Waals surface area contributed by atoms with Crippen molar-refractivity contribution in [3.8, 4) is 0 Å². The molecule has 1 atom stereocenters. The molecule has 1 amide bonds. The lowest BCUT2D eigenvalue weighted by Gasteiger charge is -2.11. The van der Waals surface area contributed by atoms with Crippen LogP contribution in [0.5, 0.6) is 0 Å². The Labute approximate surface area is 92.7 Å². The molecular formula is C7H13N5O3S. The normalized spacial score (nSPS) is 13.4. The van der Waals surface area contributed by atoms with Gasteiger partial charge < -0.3 is 11.1 Å². The second-order valence-corrected chi connectivity index (χ2v) is 4.79. The van der Waals surface area contributed by atoms with Gasteiger partial charge in [-0.15, -0.1) is 0 Å². The molecule has 1 unspecified atom stereocenters. The predicted octanol–water partition coefficient (Wildman–Crippen LogP) is -1.60. The van der Waals surface area contributed by atoms with Gasteiger partial charge in [-0.1, -0.05) is 0 Å². The van der Waals surface area contributed by atoms with Gasteiger partial charge >= 0.3 is 0 Å². The Hall–Kier alpha value is -1.61.